The minimum absolute atomic E-state index is 0. The van der Waals surface area contributed by atoms with E-state index in [1.54, 1.807) is 30.5 Å². The van der Waals surface area contributed by atoms with Crippen LogP contribution in [0.5, 0.6) is 11.5 Å². The summed E-state index contributed by atoms with van der Waals surface area (Å²) in [5.41, 5.74) is 4.53. The highest BCUT2D eigenvalue weighted by atomic mass is 35.5. The molecule has 0 radical (unpaired) electrons. The van der Waals surface area contributed by atoms with Crippen LogP contribution in [0.15, 0.2) is 60.9 Å². The molecule has 0 unspecified atom stereocenters. The lowest BCUT2D eigenvalue weighted by Gasteiger charge is -2.16. The number of hydrogen-bond acceptors (Lipinski definition) is 7. The standard InChI is InChI=1S/C23H23F4N5O2.C8H10FNO.ClH/c1-34-18-6-4-5-16(20(18)24)12-29-22(33)17-14-32(30-21(17)23(25,26)27)13-15-7-8-19(28-11-15)31-9-2-3-10-31;1-11-7-4-2-3-6(5-10)8(7)9;/h4-8,11,14H,2-3,9-10,12-13H2,1H3,(H,29,33);2-4H,5,10H2,1H3;1H. The predicted molar refractivity (Wildman–Crippen MR) is 164 cm³/mol. The van der Waals surface area contributed by atoms with E-state index in [0.29, 0.717) is 11.1 Å². The predicted octanol–water partition coefficient (Wildman–Crippen LogP) is 5.74. The third-order valence-electron chi connectivity index (χ3n) is 7.04. The topological polar surface area (TPSA) is 108 Å². The number of pyridine rings is 1. The molecule has 0 aliphatic carbocycles. The number of benzene rings is 2. The van der Waals surface area contributed by atoms with E-state index in [9.17, 15) is 26.7 Å². The van der Waals surface area contributed by atoms with Gasteiger partial charge in [0, 0.05) is 49.7 Å². The van der Waals surface area contributed by atoms with E-state index in [0.717, 1.165) is 42.6 Å². The number of amides is 1. The zero-order chi connectivity index (χ0) is 32.6. The fourth-order valence-electron chi connectivity index (χ4n) is 4.70. The molecule has 0 saturated carbocycles. The zero-order valence-electron chi connectivity index (χ0n) is 25.1. The van der Waals surface area contributed by atoms with Crippen molar-refractivity contribution in [2.24, 2.45) is 5.73 Å². The van der Waals surface area contributed by atoms with Gasteiger partial charge in [-0.2, -0.15) is 18.3 Å². The van der Waals surface area contributed by atoms with E-state index < -0.39 is 29.2 Å². The van der Waals surface area contributed by atoms with Crippen LogP contribution in [0.2, 0.25) is 0 Å². The molecular formula is C31H34ClF5N6O3. The van der Waals surface area contributed by atoms with Crippen LogP contribution < -0.4 is 25.4 Å². The largest absolute Gasteiger partial charge is 0.494 e. The molecule has 3 N–H and O–H groups in total. The first kappa shape index (κ1) is 36.0. The van der Waals surface area contributed by atoms with Crippen molar-refractivity contribution in [2.45, 2.75) is 38.7 Å². The van der Waals surface area contributed by atoms with Gasteiger partial charge in [0.1, 0.15) is 5.82 Å². The highest BCUT2D eigenvalue weighted by Crippen LogP contribution is 2.31. The summed E-state index contributed by atoms with van der Waals surface area (Å²) in [6.45, 7) is 1.75. The Bertz CT molecular complexity index is 1570. The molecule has 0 bridgehead atoms. The fourth-order valence-corrected chi connectivity index (χ4v) is 4.70. The Labute approximate surface area is 268 Å². The Hall–Kier alpha value is -4.43. The van der Waals surface area contributed by atoms with Gasteiger partial charge in [-0.15, -0.1) is 12.4 Å². The lowest BCUT2D eigenvalue weighted by molar-refractivity contribution is -0.141. The molecule has 0 atom stereocenters. The van der Waals surface area contributed by atoms with Crippen LogP contribution in [0.25, 0.3) is 0 Å². The quantitative estimate of drug-likeness (QED) is 0.219. The first-order valence-electron chi connectivity index (χ1n) is 14.0. The number of carbonyl (C=O) groups excluding carboxylic acids is 1. The Morgan fingerprint density at radius 3 is 2.11 bits per heavy atom. The second-order valence-corrected chi connectivity index (χ2v) is 10.1. The Kier molecular flexibility index (Phi) is 12.7. The Morgan fingerprint density at radius 1 is 0.957 bits per heavy atom. The van der Waals surface area contributed by atoms with Crippen molar-refractivity contribution in [2.75, 3.05) is 32.2 Å². The normalized spacial score (nSPS) is 12.6. The average Bonchev–Trinajstić information content (AvgIpc) is 3.72. The minimum atomic E-state index is -4.84. The van der Waals surface area contributed by atoms with Crippen LogP contribution >= 0.6 is 12.4 Å². The van der Waals surface area contributed by atoms with Gasteiger partial charge in [-0.1, -0.05) is 30.3 Å². The Balaban J connectivity index is 0.000000408. The highest BCUT2D eigenvalue weighted by Gasteiger charge is 2.39. The summed E-state index contributed by atoms with van der Waals surface area (Å²) in [5.74, 6) is -1.03. The van der Waals surface area contributed by atoms with Crippen LogP contribution in [-0.4, -0.2) is 48.0 Å². The summed E-state index contributed by atoms with van der Waals surface area (Å²) in [6, 6.07) is 12.8. The number of methoxy groups -OCH3 is 2. The first-order valence-corrected chi connectivity index (χ1v) is 14.0. The van der Waals surface area contributed by atoms with Crippen molar-refractivity contribution in [1.82, 2.24) is 20.1 Å². The highest BCUT2D eigenvalue weighted by molar-refractivity contribution is 5.95. The summed E-state index contributed by atoms with van der Waals surface area (Å²) < 4.78 is 78.7. The maximum atomic E-state index is 14.3. The second kappa shape index (κ2) is 16.2. The van der Waals surface area contributed by atoms with Gasteiger partial charge in [0.05, 0.1) is 26.3 Å². The van der Waals surface area contributed by atoms with Gasteiger partial charge in [0.15, 0.2) is 28.8 Å². The molecule has 3 heterocycles. The van der Waals surface area contributed by atoms with Gasteiger partial charge in [0.2, 0.25) is 0 Å². The number of halogens is 6. The number of nitrogens with zero attached hydrogens (tertiary/aromatic N) is 4. The number of alkyl halides is 3. The monoisotopic (exact) mass is 668 g/mol. The maximum absolute atomic E-state index is 14.3. The van der Waals surface area contributed by atoms with Crippen molar-refractivity contribution < 1.29 is 36.2 Å². The smallest absolute Gasteiger partial charge is 0.435 e. The number of nitrogens with one attached hydrogen (secondary N) is 1. The molecule has 1 aliphatic rings. The van der Waals surface area contributed by atoms with Gasteiger partial charge in [-0.3, -0.25) is 9.48 Å². The molecule has 248 valence electrons. The molecule has 15 heteroatoms. The molecule has 2 aromatic heterocycles. The fraction of sp³-hybridized carbons (Fsp3) is 0.323. The molecule has 1 aliphatic heterocycles. The summed E-state index contributed by atoms with van der Waals surface area (Å²) in [5, 5.41) is 5.93. The lowest BCUT2D eigenvalue weighted by atomic mass is 10.1. The van der Waals surface area contributed by atoms with Crippen molar-refractivity contribution >= 4 is 24.1 Å². The van der Waals surface area contributed by atoms with Gasteiger partial charge < -0.3 is 25.4 Å². The molecule has 2 aromatic carbocycles. The summed E-state index contributed by atoms with van der Waals surface area (Å²) >= 11 is 0. The third-order valence-corrected chi connectivity index (χ3v) is 7.04. The number of aromatic nitrogens is 3. The van der Waals surface area contributed by atoms with Crippen LogP contribution in [0.3, 0.4) is 0 Å². The molecule has 1 amide bonds. The zero-order valence-corrected chi connectivity index (χ0v) is 25.9. The van der Waals surface area contributed by atoms with Crippen molar-refractivity contribution in [1.29, 1.82) is 0 Å². The molecule has 1 fully saturated rings. The number of ether oxygens (including phenoxy) is 2. The van der Waals surface area contributed by atoms with E-state index in [4.69, 9.17) is 15.2 Å². The summed E-state index contributed by atoms with van der Waals surface area (Å²) in [4.78, 5) is 19.1. The minimum Gasteiger partial charge on any atom is -0.494 e. The molecule has 9 nitrogen and oxygen atoms in total. The van der Waals surface area contributed by atoms with Gasteiger partial charge in [-0.25, -0.2) is 13.8 Å². The molecule has 5 rings (SSSR count). The van der Waals surface area contributed by atoms with Crippen LogP contribution in [-0.2, 0) is 25.8 Å². The molecule has 46 heavy (non-hydrogen) atoms. The molecule has 4 aromatic rings. The number of carbonyl (C=O) groups is 1. The number of rotatable bonds is 9. The molecular weight excluding hydrogens is 635 g/mol. The molecule has 1 saturated heterocycles. The SMILES string of the molecule is COc1cccc(CN)c1F.COc1cccc(CNC(=O)c2cn(Cc3ccc(N4CCCC4)nc3)nc2C(F)(F)F)c1F.Cl. The van der Waals surface area contributed by atoms with E-state index in [1.165, 1.54) is 32.4 Å². The van der Waals surface area contributed by atoms with Gasteiger partial charge in [-0.05, 0) is 36.6 Å². The van der Waals surface area contributed by atoms with Crippen LogP contribution in [0.4, 0.5) is 27.8 Å². The maximum Gasteiger partial charge on any atom is 0.435 e. The molecule has 0 spiro atoms. The van der Waals surface area contributed by atoms with Gasteiger partial charge in [0.25, 0.3) is 5.91 Å². The first-order chi connectivity index (χ1) is 21.5. The van der Waals surface area contributed by atoms with Crippen molar-refractivity contribution in [3.05, 3.63) is 101 Å². The Morgan fingerprint density at radius 2 is 1.57 bits per heavy atom. The van der Waals surface area contributed by atoms with E-state index >= 15 is 0 Å². The van der Waals surface area contributed by atoms with E-state index in [1.807, 2.05) is 6.07 Å². The van der Waals surface area contributed by atoms with Crippen LogP contribution in [0, 0.1) is 11.6 Å². The van der Waals surface area contributed by atoms with Crippen molar-refractivity contribution in [3.8, 4) is 11.5 Å². The number of nitrogens with two attached hydrogens (primary N) is 1. The van der Waals surface area contributed by atoms with E-state index in [2.05, 4.69) is 20.3 Å². The number of hydrogen-bond donors (Lipinski definition) is 2. The van der Waals surface area contributed by atoms with Crippen molar-refractivity contribution in [3.63, 3.8) is 0 Å². The van der Waals surface area contributed by atoms with Crippen LogP contribution in [0.1, 0.15) is 45.6 Å². The summed E-state index contributed by atoms with van der Waals surface area (Å²) in [7, 11) is 2.72. The lowest BCUT2D eigenvalue weighted by Crippen LogP contribution is -2.25. The third kappa shape index (κ3) is 8.85. The summed E-state index contributed by atoms with van der Waals surface area (Å²) in [6.07, 6.45) is -0.00213. The van der Waals surface area contributed by atoms with E-state index in [-0.39, 0.29) is 54.9 Å². The second-order valence-electron chi connectivity index (χ2n) is 10.1. The average molecular weight is 669 g/mol. The number of anilines is 1. The van der Waals surface area contributed by atoms with Gasteiger partial charge >= 0.3 is 6.18 Å².